The summed E-state index contributed by atoms with van der Waals surface area (Å²) in [5.74, 6) is 0.886. The lowest BCUT2D eigenvalue weighted by molar-refractivity contribution is 0.0513. The molecule has 0 aromatic heterocycles. The molecule has 0 radical (unpaired) electrons. The van der Waals surface area contributed by atoms with Crippen molar-refractivity contribution in [3.05, 3.63) is 60.2 Å². The van der Waals surface area contributed by atoms with Crippen molar-refractivity contribution in [3.8, 4) is 5.75 Å². The zero-order valence-corrected chi connectivity index (χ0v) is 14.3. The molecule has 0 fully saturated rings. The topological polar surface area (TPSA) is 52.6 Å². The Balaban J connectivity index is 1.81. The Hall–Kier alpha value is -1.85. The summed E-state index contributed by atoms with van der Waals surface area (Å²) in [4.78, 5) is 0.363. The van der Waals surface area contributed by atoms with Gasteiger partial charge in [0.15, 0.2) is 9.84 Å². The Morgan fingerprint density at radius 1 is 1.00 bits per heavy atom. The molecule has 0 amide bonds. The summed E-state index contributed by atoms with van der Waals surface area (Å²) in [5, 5.41) is 0. The first-order chi connectivity index (χ1) is 11.0. The second-order valence-electron chi connectivity index (χ2n) is 5.39. The minimum atomic E-state index is -3.24. The fourth-order valence-electron chi connectivity index (χ4n) is 2.11. The minimum Gasteiger partial charge on any atom is -0.497 e. The van der Waals surface area contributed by atoms with Crippen molar-refractivity contribution < 1.29 is 17.9 Å². The molecule has 0 N–H and O–H groups in total. The fourth-order valence-corrected chi connectivity index (χ4v) is 3.56. The van der Waals surface area contributed by atoms with Crippen LogP contribution < -0.4 is 4.74 Å². The highest BCUT2D eigenvalue weighted by atomic mass is 32.2. The normalized spacial score (nSPS) is 12.8. The van der Waals surface area contributed by atoms with Crippen molar-refractivity contribution in [2.45, 2.75) is 31.0 Å². The molecule has 2 aromatic rings. The standard InChI is InChI=1S/C18H22O4S/c1-15(22-14-16-8-10-17(21-2)11-9-16)12-13-23(19,20)18-6-4-3-5-7-18/h3-11,15H,12-14H2,1-2H3/t15-/m1/s1. The summed E-state index contributed by atoms with van der Waals surface area (Å²) in [7, 11) is -1.62. The molecule has 0 aliphatic heterocycles. The second kappa shape index (κ2) is 8.13. The minimum absolute atomic E-state index is 0.0841. The second-order valence-corrected chi connectivity index (χ2v) is 7.50. The summed E-state index contributed by atoms with van der Waals surface area (Å²) in [6.45, 7) is 2.35. The third kappa shape index (κ3) is 5.37. The Morgan fingerprint density at radius 2 is 1.65 bits per heavy atom. The molecule has 5 heteroatoms. The van der Waals surface area contributed by atoms with Gasteiger partial charge >= 0.3 is 0 Å². The summed E-state index contributed by atoms with van der Waals surface area (Å²) in [5.41, 5.74) is 1.03. The van der Waals surface area contributed by atoms with Crippen LogP contribution in [0.2, 0.25) is 0 Å². The third-order valence-electron chi connectivity index (χ3n) is 3.59. The highest BCUT2D eigenvalue weighted by molar-refractivity contribution is 7.91. The molecule has 4 nitrogen and oxygen atoms in total. The van der Waals surface area contributed by atoms with Crippen molar-refractivity contribution in [2.24, 2.45) is 0 Å². The van der Waals surface area contributed by atoms with Gasteiger partial charge < -0.3 is 9.47 Å². The summed E-state index contributed by atoms with van der Waals surface area (Å²) >= 11 is 0. The van der Waals surface area contributed by atoms with E-state index in [0.29, 0.717) is 17.9 Å². The van der Waals surface area contributed by atoms with Gasteiger partial charge in [-0.25, -0.2) is 8.42 Å². The molecule has 2 rings (SSSR count). The average Bonchev–Trinajstić information content (AvgIpc) is 2.59. The number of hydrogen-bond acceptors (Lipinski definition) is 4. The van der Waals surface area contributed by atoms with Crippen molar-refractivity contribution in [3.63, 3.8) is 0 Å². The highest BCUT2D eigenvalue weighted by Gasteiger charge is 2.15. The first-order valence-corrected chi connectivity index (χ1v) is 9.19. The predicted octanol–water partition coefficient (Wildman–Crippen LogP) is 3.46. The maximum absolute atomic E-state index is 12.2. The monoisotopic (exact) mass is 334 g/mol. The quantitative estimate of drug-likeness (QED) is 0.742. The van der Waals surface area contributed by atoms with Gasteiger partial charge in [-0.3, -0.25) is 0 Å². The van der Waals surface area contributed by atoms with Gasteiger partial charge in [0.05, 0.1) is 30.5 Å². The molecule has 2 aromatic carbocycles. The molecule has 0 bridgehead atoms. The van der Waals surface area contributed by atoms with Crippen LogP contribution in [0.25, 0.3) is 0 Å². The Labute approximate surface area is 138 Å². The largest absolute Gasteiger partial charge is 0.497 e. The molecule has 0 heterocycles. The smallest absolute Gasteiger partial charge is 0.178 e. The van der Waals surface area contributed by atoms with E-state index in [9.17, 15) is 8.42 Å². The lowest BCUT2D eigenvalue weighted by Crippen LogP contribution is -2.15. The predicted molar refractivity (Wildman–Crippen MR) is 90.4 cm³/mol. The van der Waals surface area contributed by atoms with Gasteiger partial charge in [-0.05, 0) is 43.2 Å². The zero-order valence-electron chi connectivity index (χ0n) is 13.4. The number of rotatable bonds is 8. The summed E-state index contributed by atoms with van der Waals surface area (Å²) in [6.07, 6.45) is 0.337. The van der Waals surface area contributed by atoms with Crippen molar-refractivity contribution in [1.82, 2.24) is 0 Å². The third-order valence-corrected chi connectivity index (χ3v) is 5.35. The van der Waals surface area contributed by atoms with E-state index in [2.05, 4.69) is 0 Å². The highest BCUT2D eigenvalue weighted by Crippen LogP contribution is 2.15. The van der Waals surface area contributed by atoms with E-state index in [1.807, 2.05) is 31.2 Å². The van der Waals surface area contributed by atoms with Gasteiger partial charge in [0, 0.05) is 0 Å². The van der Waals surface area contributed by atoms with Gasteiger partial charge in [0.2, 0.25) is 0 Å². The van der Waals surface area contributed by atoms with Crippen LogP contribution in [0.1, 0.15) is 18.9 Å². The van der Waals surface area contributed by atoms with Crippen LogP contribution in [0.4, 0.5) is 0 Å². The van der Waals surface area contributed by atoms with Gasteiger partial charge in [0.1, 0.15) is 5.75 Å². The van der Waals surface area contributed by atoms with Crippen LogP contribution in [-0.2, 0) is 21.2 Å². The van der Waals surface area contributed by atoms with Crippen LogP contribution in [0.3, 0.4) is 0 Å². The van der Waals surface area contributed by atoms with E-state index in [-0.39, 0.29) is 11.9 Å². The number of sulfone groups is 1. The van der Waals surface area contributed by atoms with Gasteiger partial charge in [-0.2, -0.15) is 0 Å². The van der Waals surface area contributed by atoms with E-state index in [1.54, 1.807) is 37.4 Å². The van der Waals surface area contributed by atoms with E-state index in [1.165, 1.54) is 0 Å². The Kier molecular flexibility index (Phi) is 6.19. The fraction of sp³-hybridized carbons (Fsp3) is 0.333. The van der Waals surface area contributed by atoms with E-state index >= 15 is 0 Å². The van der Waals surface area contributed by atoms with Crippen molar-refractivity contribution >= 4 is 9.84 Å². The summed E-state index contributed by atoms with van der Waals surface area (Å²) < 4.78 is 35.3. The Morgan fingerprint density at radius 3 is 2.26 bits per heavy atom. The van der Waals surface area contributed by atoms with Crippen LogP contribution >= 0.6 is 0 Å². The molecule has 0 aliphatic carbocycles. The van der Waals surface area contributed by atoms with Crippen molar-refractivity contribution in [1.29, 1.82) is 0 Å². The molecule has 23 heavy (non-hydrogen) atoms. The van der Waals surface area contributed by atoms with Crippen LogP contribution in [0.5, 0.6) is 5.75 Å². The van der Waals surface area contributed by atoms with Crippen LogP contribution in [0.15, 0.2) is 59.5 Å². The van der Waals surface area contributed by atoms with Gasteiger partial charge in [-0.1, -0.05) is 30.3 Å². The number of methoxy groups -OCH3 is 1. The SMILES string of the molecule is COc1ccc(CO[C@H](C)CCS(=O)(=O)c2ccccc2)cc1. The molecule has 124 valence electrons. The molecular formula is C18H22O4S. The van der Waals surface area contributed by atoms with E-state index in [0.717, 1.165) is 11.3 Å². The first-order valence-electron chi connectivity index (χ1n) is 7.53. The molecular weight excluding hydrogens is 312 g/mol. The molecule has 0 saturated carbocycles. The molecule has 0 unspecified atom stereocenters. The van der Waals surface area contributed by atoms with E-state index in [4.69, 9.17) is 9.47 Å². The lowest BCUT2D eigenvalue weighted by Gasteiger charge is -2.13. The number of ether oxygens (including phenoxy) is 2. The van der Waals surface area contributed by atoms with Crippen LogP contribution in [-0.4, -0.2) is 27.4 Å². The number of benzene rings is 2. The van der Waals surface area contributed by atoms with Crippen molar-refractivity contribution in [2.75, 3.05) is 12.9 Å². The molecule has 0 saturated heterocycles. The lowest BCUT2D eigenvalue weighted by atomic mass is 10.2. The zero-order chi connectivity index (χ0) is 16.7. The summed E-state index contributed by atoms with van der Waals surface area (Å²) in [6, 6.07) is 16.1. The molecule has 0 spiro atoms. The maximum Gasteiger partial charge on any atom is 0.178 e. The van der Waals surface area contributed by atoms with Gasteiger partial charge in [-0.15, -0.1) is 0 Å². The first kappa shape index (κ1) is 17.5. The van der Waals surface area contributed by atoms with Crippen LogP contribution in [0, 0.1) is 0 Å². The van der Waals surface area contributed by atoms with E-state index < -0.39 is 9.84 Å². The molecule has 0 aliphatic rings. The molecule has 1 atom stereocenters. The average molecular weight is 334 g/mol. The Bertz CT molecular complexity index is 694. The maximum atomic E-state index is 12.2. The number of hydrogen-bond donors (Lipinski definition) is 0. The van der Waals surface area contributed by atoms with Gasteiger partial charge in [0.25, 0.3) is 0 Å².